The van der Waals surface area contributed by atoms with Gasteiger partial charge in [-0.2, -0.15) is 0 Å². The van der Waals surface area contributed by atoms with Crippen molar-refractivity contribution in [2.45, 2.75) is 6.10 Å². The Hall–Kier alpha value is -0.380. The van der Waals surface area contributed by atoms with Crippen molar-refractivity contribution in [3.8, 4) is 0 Å². The summed E-state index contributed by atoms with van der Waals surface area (Å²) < 4.78 is 21.3. The molecule has 1 aromatic rings. The van der Waals surface area contributed by atoms with Crippen LogP contribution in [0.2, 0.25) is 5.02 Å². The van der Waals surface area contributed by atoms with E-state index in [2.05, 4.69) is 0 Å². The molecule has 0 heterocycles. The smallest absolute Gasteiger partial charge is 0.333 e. The molecule has 6 heteroatoms. The molecule has 0 fully saturated rings. The lowest BCUT2D eigenvalue weighted by atomic mass is 10.1. The zero-order chi connectivity index (χ0) is 12.2. The van der Waals surface area contributed by atoms with Gasteiger partial charge in [-0.05, 0) is 17.7 Å². The number of rotatable bonds is 5. The molecule has 0 saturated heterocycles. The first kappa shape index (κ1) is 13.7. The van der Waals surface area contributed by atoms with Crippen LogP contribution in [0, 0.1) is 0 Å². The van der Waals surface area contributed by atoms with Crippen molar-refractivity contribution < 1.29 is 18.7 Å². The first-order valence-corrected chi connectivity index (χ1v) is 6.75. The lowest BCUT2D eigenvalue weighted by molar-refractivity contribution is 0.184. The highest BCUT2D eigenvalue weighted by Crippen LogP contribution is 2.49. The molecule has 16 heavy (non-hydrogen) atoms. The Morgan fingerprint density at radius 3 is 2.25 bits per heavy atom. The van der Waals surface area contributed by atoms with Crippen molar-refractivity contribution in [2.24, 2.45) is 0 Å². The van der Waals surface area contributed by atoms with Gasteiger partial charge < -0.3 is 14.2 Å². The van der Waals surface area contributed by atoms with Gasteiger partial charge in [0.1, 0.15) is 0 Å². The van der Waals surface area contributed by atoms with E-state index in [4.69, 9.17) is 20.6 Å². The van der Waals surface area contributed by atoms with Gasteiger partial charge in [0.15, 0.2) is 0 Å². The van der Waals surface area contributed by atoms with Gasteiger partial charge >= 0.3 is 7.60 Å². The maximum atomic E-state index is 11.8. The van der Waals surface area contributed by atoms with Gasteiger partial charge in [-0.25, -0.2) is 0 Å². The van der Waals surface area contributed by atoms with Gasteiger partial charge in [0, 0.05) is 19.2 Å². The summed E-state index contributed by atoms with van der Waals surface area (Å²) in [6, 6.07) is 6.65. The normalized spacial score (nSPS) is 13.8. The molecule has 0 aromatic heterocycles. The maximum absolute atomic E-state index is 11.8. The quantitative estimate of drug-likeness (QED) is 0.831. The SMILES string of the molecule is COP(=O)(C[C@@H](O)c1ccc(Cl)cc1)OC. The largest absolute Gasteiger partial charge is 0.388 e. The third-order valence-electron chi connectivity index (χ3n) is 2.21. The van der Waals surface area contributed by atoms with Crippen molar-refractivity contribution in [3.05, 3.63) is 34.9 Å². The van der Waals surface area contributed by atoms with Crippen molar-refractivity contribution >= 4 is 19.2 Å². The highest BCUT2D eigenvalue weighted by molar-refractivity contribution is 7.53. The van der Waals surface area contributed by atoms with Gasteiger partial charge in [0.05, 0.1) is 12.3 Å². The predicted octanol–water partition coefficient (Wildman–Crippen LogP) is 2.86. The second kappa shape index (κ2) is 5.80. The summed E-state index contributed by atoms with van der Waals surface area (Å²) in [6.07, 6.45) is -0.982. The summed E-state index contributed by atoms with van der Waals surface area (Å²) in [5.74, 6) is 0. The molecular weight excluding hydrogens is 251 g/mol. The molecule has 0 bridgehead atoms. The molecule has 0 unspecified atom stereocenters. The Labute approximate surface area is 99.7 Å². The molecule has 0 amide bonds. The van der Waals surface area contributed by atoms with E-state index in [1.165, 1.54) is 14.2 Å². The Bertz CT molecular complexity index is 371. The summed E-state index contributed by atoms with van der Waals surface area (Å²) in [6.45, 7) is 0. The van der Waals surface area contributed by atoms with E-state index in [-0.39, 0.29) is 6.16 Å². The summed E-state index contributed by atoms with van der Waals surface area (Å²) in [7, 11) is -0.617. The van der Waals surface area contributed by atoms with Gasteiger partial charge in [-0.15, -0.1) is 0 Å². The first-order valence-electron chi connectivity index (χ1n) is 4.65. The second-order valence-electron chi connectivity index (χ2n) is 3.23. The summed E-state index contributed by atoms with van der Waals surface area (Å²) in [5, 5.41) is 10.4. The number of aliphatic hydroxyl groups is 1. The zero-order valence-corrected chi connectivity index (χ0v) is 10.7. The molecule has 0 saturated carbocycles. The predicted molar refractivity (Wildman–Crippen MR) is 62.9 cm³/mol. The number of halogens is 1. The van der Waals surface area contributed by atoms with E-state index in [1.807, 2.05) is 0 Å². The maximum Gasteiger partial charge on any atom is 0.333 e. The highest BCUT2D eigenvalue weighted by Gasteiger charge is 2.26. The molecule has 0 radical (unpaired) electrons. The Kier molecular flexibility index (Phi) is 4.96. The standard InChI is InChI=1S/C10H14ClO4P/c1-14-16(13,15-2)7-10(12)8-3-5-9(11)6-4-8/h3-6,10,12H,7H2,1-2H3/t10-/m1/s1. The topological polar surface area (TPSA) is 55.8 Å². The minimum atomic E-state index is -3.20. The van der Waals surface area contributed by atoms with E-state index < -0.39 is 13.7 Å². The van der Waals surface area contributed by atoms with E-state index in [1.54, 1.807) is 24.3 Å². The molecule has 0 aliphatic carbocycles. The molecule has 90 valence electrons. The molecule has 1 rings (SSSR count). The van der Waals surface area contributed by atoms with Crippen molar-refractivity contribution in [2.75, 3.05) is 20.4 Å². The van der Waals surface area contributed by atoms with Crippen LogP contribution >= 0.6 is 19.2 Å². The Morgan fingerprint density at radius 2 is 1.81 bits per heavy atom. The highest BCUT2D eigenvalue weighted by atomic mass is 35.5. The molecule has 1 N–H and O–H groups in total. The summed E-state index contributed by atoms with van der Waals surface area (Å²) in [4.78, 5) is 0. The molecule has 0 aliphatic heterocycles. The average molecular weight is 265 g/mol. The van der Waals surface area contributed by atoms with Crippen molar-refractivity contribution in [1.82, 2.24) is 0 Å². The molecule has 4 nitrogen and oxygen atoms in total. The third kappa shape index (κ3) is 3.58. The van der Waals surface area contributed by atoms with Gasteiger partial charge in [0.2, 0.25) is 0 Å². The van der Waals surface area contributed by atoms with Crippen LogP contribution in [0.5, 0.6) is 0 Å². The Morgan fingerprint density at radius 1 is 1.31 bits per heavy atom. The molecule has 0 spiro atoms. The van der Waals surface area contributed by atoms with Crippen molar-refractivity contribution in [1.29, 1.82) is 0 Å². The van der Waals surface area contributed by atoms with Crippen LogP contribution in [-0.4, -0.2) is 25.5 Å². The fourth-order valence-electron chi connectivity index (χ4n) is 1.23. The lowest BCUT2D eigenvalue weighted by Crippen LogP contribution is -2.06. The van der Waals surface area contributed by atoms with E-state index in [0.29, 0.717) is 10.6 Å². The van der Waals surface area contributed by atoms with Crippen molar-refractivity contribution in [3.63, 3.8) is 0 Å². The van der Waals surface area contributed by atoms with Crippen LogP contribution in [0.15, 0.2) is 24.3 Å². The first-order chi connectivity index (χ1) is 7.50. The second-order valence-corrected chi connectivity index (χ2v) is 5.98. The van der Waals surface area contributed by atoms with Crippen LogP contribution in [0.3, 0.4) is 0 Å². The fourth-order valence-corrected chi connectivity index (χ4v) is 2.43. The average Bonchev–Trinajstić information content (AvgIpc) is 2.29. The molecular formula is C10H14ClO4P. The van der Waals surface area contributed by atoms with Gasteiger partial charge in [-0.3, -0.25) is 4.57 Å². The van der Waals surface area contributed by atoms with E-state index >= 15 is 0 Å². The number of aliphatic hydroxyl groups excluding tert-OH is 1. The molecule has 1 atom stereocenters. The molecule has 0 aliphatic rings. The minimum absolute atomic E-state index is 0.0817. The lowest BCUT2D eigenvalue weighted by Gasteiger charge is -2.17. The zero-order valence-electron chi connectivity index (χ0n) is 9.09. The van der Waals surface area contributed by atoms with Crippen LogP contribution in [-0.2, 0) is 13.6 Å². The molecule has 1 aromatic carbocycles. The number of hydrogen-bond acceptors (Lipinski definition) is 4. The number of benzene rings is 1. The third-order valence-corrected chi connectivity index (χ3v) is 4.37. The minimum Gasteiger partial charge on any atom is -0.388 e. The van der Waals surface area contributed by atoms with Crippen LogP contribution in [0.25, 0.3) is 0 Å². The summed E-state index contributed by atoms with van der Waals surface area (Å²) in [5.41, 5.74) is 0.624. The van der Waals surface area contributed by atoms with Gasteiger partial charge in [-0.1, -0.05) is 23.7 Å². The summed E-state index contributed by atoms with van der Waals surface area (Å²) >= 11 is 5.72. The van der Waals surface area contributed by atoms with Crippen LogP contribution in [0.1, 0.15) is 11.7 Å². The monoisotopic (exact) mass is 264 g/mol. The van der Waals surface area contributed by atoms with E-state index in [0.717, 1.165) is 0 Å². The van der Waals surface area contributed by atoms with Gasteiger partial charge in [0.25, 0.3) is 0 Å². The number of hydrogen-bond donors (Lipinski definition) is 1. The fraction of sp³-hybridized carbons (Fsp3) is 0.400. The Balaban J connectivity index is 2.75. The van der Waals surface area contributed by atoms with E-state index in [9.17, 15) is 9.67 Å². The van der Waals surface area contributed by atoms with Crippen LogP contribution < -0.4 is 0 Å². The van der Waals surface area contributed by atoms with Crippen LogP contribution in [0.4, 0.5) is 0 Å².